The van der Waals surface area contributed by atoms with Gasteiger partial charge in [0.05, 0.1) is 7.11 Å². The Morgan fingerprint density at radius 2 is 2.28 bits per heavy atom. The lowest BCUT2D eigenvalue weighted by Gasteiger charge is -2.14. The van der Waals surface area contributed by atoms with E-state index in [9.17, 15) is 4.79 Å². The Bertz CT molecular complexity index is 410. The summed E-state index contributed by atoms with van der Waals surface area (Å²) in [4.78, 5) is 12.1. The summed E-state index contributed by atoms with van der Waals surface area (Å²) in [5.74, 6) is 1.77. The maximum absolute atomic E-state index is 12.1. The lowest BCUT2D eigenvalue weighted by Crippen LogP contribution is -2.30. The molecule has 1 amide bonds. The van der Waals surface area contributed by atoms with Crippen LogP contribution in [0.3, 0.4) is 0 Å². The smallest absolute Gasteiger partial charge is 0.257 e. The molecule has 0 saturated carbocycles. The zero-order valence-electron chi connectivity index (χ0n) is 11.0. The maximum Gasteiger partial charge on any atom is 0.257 e. The van der Waals surface area contributed by atoms with E-state index in [0.717, 1.165) is 5.75 Å². The van der Waals surface area contributed by atoms with E-state index < -0.39 is 0 Å². The zero-order valence-corrected chi connectivity index (χ0v) is 11.8. The van der Waals surface area contributed by atoms with Gasteiger partial charge in [0.15, 0.2) is 0 Å². The van der Waals surface area contributed by atoms with E-state index in [1.807, 2.05) is 0 Å². The standard InChI is InChI=1S/C13H20N2O2S/c1-9(8-18-3)7-15-13(16)12-10(14)5-4-6-11(12)17-2/h4-6,9H,7-8,14H2,1-3H3,(H,15,16). The number of nitrogens with two attached hydrogens (primary N) is 1. The van der Waals surface area contributed by atoms with E-state index in [2.05, 4.69) is 18.5 Å². The van der Waals surface area contributed by atoms with Gasteiger partial charge < -0.3 is 15.8 Å². The van der Waals surface area contributed by atoms with Gasteiger partial charge in [0, 0.05) is 12.2 Å². The summed E-state index contributed by atoms with van der Waals surface area (Å²) < 4.78 is 5.16. The Balaban J connectivity index is 2.72. The molecule has 0 bridgehead atoms. The van der Waals surface area contributed by atoms with Gasteiger partial charge in [-0.15, -0.1) is 0 Å². The van der Waals surface area contributed by atoms with E-state index in [1.165, 1.54) is 7.11 Å². The van der Waals surface area contributed by atoms with Gasteiger partial charge in [-0.3, -0.25) is 4.79 Å². The molecule has 0 aliphatic carbocycles. The number of anilines is 1. The summed E-state index contributed by atoms with van der Waals surface area (Å²) >= 11 is 1.77. The topological polar surface area (TPSA) is 64.3 Å². The predicted octanol–water partition coefficient (Wildman–Crippen LogP) is 2.01. The number of amides is 1. The fraction of sp³-hybridized carbons (Fsp3) is 0.462. The Hall–Kier alpha value is -1.36. The highest BCUT2D eigenvalue weighted by molar-refractivity contribution is 7.98. The van der Waals surface area contributed by atoms with E-state index in [1.54, 1.807) is 30.0 Å². The molecule has 1 unspecified atom stereocenters. The molecule has 3 N–H and O–H groups in total. The molecule has 1 rings (SSSR count). The Morgan fingerprint density at radius 1 is 1.56 bits per heavy atom. The second-order valence-electron chi connectivity index (χ2n) is 4.20. The van der Waals surface area contributed by atoms with Crippen LogP contribution in [0.2, 0.25) is 0 Å². The molecule has 1 aromatic carbocycles. The number of hydrogen-bond donors (Lipinski definition) is 2. The first kappa shape index (κ1) is 14.7. The van der Waals surface area contributed by atoms with Crippen LogP contribution in [0.5, 0.6) is 5.75 Å². The first-order chi connectivity index (χ1) is 8.60. The summed E-state index contributed by atoms with van der Waals surface area (Å²) in [5, 5.41) is 2.89. The summed E-state index contributed by atoms with van der Waals surface area (Å²) in [6.07, 6.45) is 2.05. The second-order valence-corrected chi connectivity index (χ2v) is 5.11. The normalized spacial score (nSPS) is 11.9. The third-order valence-electron chi connectivity index (χ3n) is 2.57. The van der Waals surface area contributed by atoms with Gasteiger partial charge in [0.25, 0.3) is 5.91 Å². The summed E-state index contributed by atoms with van der Waals surface area (Å²) in [5.41, 5.74) is 6.67. The Labute approximate surface area is 112 Å². The van der Waals surface area contributed by atoms with Gasteiger partial charge in [-0.05, 0) is 30.1 Å². The van der Waals surface area contributed by atoms with Crippen molar-refractivity contribution in [3.63, 3.8) is 0 Å². The average molecular weight is 268 g/mol. The number of carbonyl (C=O) groups is 1. The van der Waals surface area contributed by atoms with Crippen LogP contribution in [0.15, 0.2) is 18.2 Å². The van der Waals surface area contributed by atoms with Gasteiger partial charge in [-0.1, -0.05) is 13.0 Å². The fourth-order valence-electron chi connectivity index (χ4n) is 1.66. The van der Waals surface area contributed by atoms with Crippen LogP contribution in [0.4, 0.5) is 5.69 Å². The van der Waals surface area contributed by atoms with Gasteiger partial charge in [0.1, 0.15) is 11.3 Å². The number of carbonyl (C=O) groups excluding carboxylic acids is 1. The highest BCUT2D eigenvalue weighted by atomic mass is 32.2. The zero-order chi connectivity index (χ0) is 13.5. The average Bonchev–Trinajstić information content (AvgIpc) is 2.36. The summed E-state index contributed by atoms with van der Waals surface area (Å²) in [6.45, 7) is 2.74. The largest absolute Gasteiger partial charge is 0.496 e. The number of ether oxygens (including phenoxy) is 1. The Kier molecular flexibility index (Phi) is 5.85. The molecular weight excluding hydrogens is 248 g/mol. The number of nitrogen functional groups attached to an aromatic ring is 1. The van der Waals surface area contributed by atoms with Crippen molar-refractivity contribution in [1.82, 2.24) is 5.32 Å². The van der Waals surface area contributed by atoms with E-state index in [0.29, 0.717) is 29.5 Å². The van der Waals surface area contributed by atoms with Crippen molar-refractivity contribution in [2.45, 2.75) is 6.92 Å². The minimum atomic E-state index is -0.182. The first-order valence-electron chi connectivity index (χ1n) is 5.79. The first-order valence-corrected chi connectivity index (χ1v) is 7.19. The van der Waals surface area contributed by atoms with Crippen LogP contribution in [0.25, 0.3) is 0 Å². The number of hydrogen-bond acceptors (Lipinski definition) is 4. The van der Waals surface area contributed by atoms with Gasteiger partial charge in [-0.2, -0.15) is 11.8 Å². The molecule has 1 atom stereocenters. The van der Waals surface area contributed by atoms with Crippen molar-refractivity contribution in [2.75, 3.05) is 31.4 Å². The molecule has 1 aromatic rings. The molecule has 0 aliphatic rings. The molecule has 5 heteroatoms. The highest BCUT2D eigenvalue weighted by Crippen LogP contribution is 2.23. The highest BCUT2D eigenvalue weighted by Gasteiger charge is 2.15. The van der Waals surface area contributed by atoms with Crippen LogP contribution in [-0.2, 0) is 0 Å². The lowest BCUT2D eigenvalue weighted by atomic mass is 10.1. The van der Waals surface area contributed by atoms with Crippen LogP contribution < -0.4 is 15.8 Å². The van der Waals surface area contributed by atoms with Crippen molar-refractivity contribution in [1.29, 1.82) is 0 Å². The fourth-order valence-corrected chi connectivity index (χ4v) is 2.35. The monoisotopic (exact) mass is 268 g/mol. The number of benzene rings is 1. The van der Waals surface area contributed by atoms with Crippen LogP contribution in [0.1, 0.15) is 17.3 Å². The van der Waals surface area contributed by atoms with Crippen molar-refractivity contribution in [3.8, 4) is 5.75 Å². The number of rotatable bonds is 6. The van der Waals surface area contributed by atoms with Gasteiger partial charge >= 0.3 is 0 Å². The third kappa shape index (κ3) is 3.84. The number of thioether (sulfide) groups is 1. The maximum atomic E-state index is 12.1. The molecule has 0 fully saturated rings. The van der Waals surface area contributed by atoms with Gasteiger partial charge in [0.2, 0.25) is 0 Å². The SMILES string of the molecule is COc1cccc(N)c1C(=O)NCC(C)CSC. The molecule has 18 heavy (non-hydrogen) atoms. The molecule has 0 saturated heterocycles. The summed E-state index contributed by atoms with van der Waals surface area (Å²) in [7, 11) is 1.53. The molecule has 100 valence electrons. The van der Waals surface area contributed by atoms with Crippen molar-refractivity contribution in [2.24, 2.45) is 5.92 Å². The van der Waals surface area contributed by atoms with Crippen molar-refractivity contribution >= 4 is 23.4 Å². The van der Waals surface area contributed by atoms with E-state index in [4.69, 9.17) is 10.5 Å². The minimum Gasteiger partial charge on any atom is -0.496 e. The molecule has 0 heterocycles. The van der Waals surface area contributed by atoms with Crippen LogP contribution >= 0.6 is 11.8 Å². The van der Waals surface area contributed by atoms with Crippen LogP contribution in [-0.4, -0.2) is 31.6 Å². The quantitative estimate of drug-likeness (QED) is 0.775. The number of nitrogens with one attached hydrogen (secondary N) is 1. The molecule has 0 radical (unpaired) electrons. The third-order valence-corrected chi connectivity index (χ3v) is 3.47. The van der Waals surface area contributed by atoms with Gasteiger partial charge in [-0.25, -0.2) is 0 Å². The summed E-state index contributed by atoms with van der Waals surface area (Å²) in [6, 6.07) is 5.20. The minimum absolute atomic E-state index is 0.182. The molecule has 4 nitrogen and oxygen atoms in total. The van der Waals surface area contributed by atoms with E-state index in [-0.39, 0.29) is 5.91 Å². The second kappa shape index (κ2) is 7.16. The molecular formula is C13H20N2O2S. The predicted molar refractivity (Wildman–Crippen MR) is 77.3 cm³/mol. The number of methoxy groups -OCH3 is 1. The lowest BCUT2D eigenvalue weighted by molar-refractivity contribution is 0.0947. The Morgan fingerprint density at radius 3 is 2.89 bits per heavy atom. The molecule has 0 aliphatic heterocycles. The molecule has 0 aromatic heterocycles. The van der Waals surface area contributed by atoms with Crippen molar-refractivity contribution in [3.05, 3.63) is 23.8 Å². The van der Waals surface area contributed by atoms with Crippen LogP contribution in [0, 0.1) is 5.92 Å². The van der Waals surface area contributed by atoms with Crippen molar-refractivity contribution < 1.29 is 9.53 Å². The van der Waals surface area contributed by atoms with E-state index >= 15 is 0 Å². The molecule has 0 spiro atoms.